The molecule has 2 heterocycles. The van der Waals surface area contributed by atoms with E-state index in [1.54, 1.807) is 0 Å². The monoisotopic (exact) mass is 330 g/mol. The van der Waals surface area contributed by atoms with Gasteiger partial charge in [-0.15, -0.1) is 0 Å². The van der Waals surface area contributed by atoms with Crippen molar-refractivity contribution >= 4 is 6.09 Å². The van der Waals surface area contributed by atoms with E-state index in [2.05, 4.69) is 49.1 Å². The number of amides is 1. The number of rotatable bonds is 2. The lowest BCUT2D eigenvalue weighted by molar-refractivity contribution is 0.0259. The van der Waals surface area contributed by atoms with E-state index in [4.69, 9.17) is 4.74 Å². The van der Waals surface area contributed by atoms with Crippen molar-refractivity contribution in [1.82, 2.24) is 9.80 Å². The van der Waals surface area contributed by atoms with Gasteiger partial charge < -0.3 is 9.64 Å². The summed E-state index contributed by atoms with van der Waals surface area (Å²) < 4.78 is 5.55. The minimum absolute atomic E-state index is 0.166. The molecule has 4 nitrogen and oxygen atoms in total. The first-order valence-corrected chi connectivity index (χ1v) is 8.95. The molecular weight excluding hydrogens is 300 g/mol. The third kappa shape index (κ3) is 3.44. The number of carbonyl (C=O) groups is 1. The summed E-state index contributed by atoms with van der Waals surface area (Å²) >= 11 is 0. The van der Waals surface area contributed by atoms with Crippen LogP contribution in [0.4, 0.5) is 4.79 Å². The highest BCUT2D eigenvalue weighted by Gasteiger charge is 2.51. The summed E-state index contributed by atoms with van der Waals surface area (Å²) in [5, 5.41) is 0. The molecule has 2 aliphatic rings. The Labute approximate surface area is 145 Å². The first-order valence-electron chi connectivity index (χ1n) is 8.95. The molecule has 0 spiro atoms. The van der Waals surface area contributed by atoms with Gasteiger partial charge in [0.15, 0.2) is 0 Å². The van der Waals surface area contributed by atoms with Gasteiger partial charge in [-0.25, -0.2) is 4.79 Å². The van der Waals surface area contributed by atoms with Gasteiger partial charge in [-0.3, -0.25) is 4.90 Å². The molecule has 1 amide bonds. The molecule has 3 atom stereocenters. The third-order valence-corrected chi connectivity index (χ3v) is 5.48. The number of likely N-dealkylation sites (tertiary alicyclic amines) is 2. The van der Waals surface area contributed by atoms with Crippen LogP contribution in [0.2, 0.25) is 0 Å². The van der Waals surface area contributed by atoms with Crippen molar-refractivity contribution < 1.29 is 9.53 Å². The summed E-state index contributed by atoms with van der Waals surface area (Å²) in [7, 11) is 0. The summed E-state index contributed by atoms with van der Waals surface area (Å²) in [4.78, 5) is 16.8. The molecule has 3 rings (SSSR count). The highest BCUT2D eigenvalue weighted by atomic mass is 16.6. The standard InChI is InChI=1S/C20H30N2O2/c1-15(16-9-7-6-8-10-16)21-11-17-12-22(14-20(17,5)13-21)18(23)24-19(2,3)4/h6-10,15,17H,11-14H2,1-5H3/t15-,17-,20+/m1/s1. The zero-order valence-corrected chi connectivity index (χ0v) is 15.6. The lowest BCUT2D eigenvalue weighted by Gasteiger charge is -2.30. The predicted molar refractivity (Wildman–Crippen MR) is 95.8 cm³/mol. The summed E-state index contributed by atoms with van der Waals surface area (Å²) in [5.74, 6) is 0.524. The highest BCUT2D eigenvalue weighted by Crippen LogP contribution is 2.44. The van der Waals surface area contributed by atoms with Crippen LogP contribution in [-0.2, 0) is 4.74 Å². The molecule has 0 saturated carbocycles. The third-order valence-electron chi connectivity index (χ3n) is 5.48. The summed E-state index contributed by atoms with van der Waals surface area (Å²) in [6.45, 7) is 14.1. The van der Waals surface area contributed by atoms with E-state index in [1.165, 1.54) is 5.56 Å². The maximum atomic E-state index is 12.4. The van der Waals surface area contributed by atoms with Crippen LogP contribution in [0.5, 0.6) is 0 Å². The van der Waals surface area contributed by atoms with Gasteiger partial charge in [0.2, 0.25) is 0 Å². The van der Waals surface area contributed by atoms with Gasteiger partial charge >= 0.3 is 6.09 Å². The maximum Gasteiger partial charge on any atom is 0.410 e. The SMILES string of the molecule is C[C@H](c1ccccc1)N1C[C@@H]2CN(C(=O)OC(C)(C)C)C[C@]2(C)C1. The Morgan fingerprint density at radius 1 is 1.21 bits per heavy atom. The van der Waals surface area contributed by atoms with E-state index in [0.29, 0.717) is 12.0 Å². The topological polar surface area (TPSA) is 32.8 Å². The van der Waals surface area contributed by atoms with Crippen LogP contribution in [0.1, 0.15) is 46.2 Å². The predicted octanol–water partition coefficient (Wildman–Crippen LogP) is 3.94. The molecule has 0 aliphatic carbocycles. The molecular formula is C20H30N2O2. The Bertz CT molecular complexity index is 595. The number of ether oxygens (including phenoxy) is 1. The van der Waals surface area contributed by atoms with Crippen LogP contribution in [0.25, 0.3) is 0 Å². The Hall–Kier alpha value is -1.55. The molecule has 2 aliphatic heterocycles. The molecule has 0 radical (unpaired) electrons. The summed E-state index contributed by atoms with van der Waals surface area (Å²) in [5.41, 5.74) is 1.11. The second-order valence-electron chi connectivity index (χ2n) is 8.73. The number of nitrogens with zero attached hydrogens (tertiary/aromatic N) is 2. The fourth-order valence-electron chi connectivity index (χ4n) is 4.09. The molecule has 1 aromatic carbocycles. The highest BCUT2D eigenvalue weighted by molar-refractivity contribution is 5.68. The molecule has 4 heteroatoms. The van der Waals surface area contributed by atoms with E-state index in [9.17, 15) is 4.79 Å². The Balaban J connectivity index is 1.64. The number of hydrogen-bond donors (Lipinski definition) is 0. The Kier molecular flexibility index (Phi) is 4.37. The van der Waals surface area contributed by atoms with E-state index >= 15 is 0 Å². The van der Waals surface area contributed by atoms with Gasteiger partial charge in [-0.1, -0.05) is 37.3 Å². The number of hydrogen-bond acceptors (Lipinski definition) is 3. The second-order valence-corrected chi connectivity index (χ2v) is 8.73. The first kappa shape index (κ1) is 17.3. The van der Waals surface area contributed by atoms with Crippen molar-refractivity contribution in [3.8, 4) is 0 Å². The number of carbonyl (C=O) groups excluding carboxylic acids is 1. The van der Waals surface area contributed by atoms with Crippen molar-refractivity contribution in [2.75, 3.05) is 26.2 Å². The number of benzene rings is 1. The smallest absolute Gasteiger partial charge is 0.410 e. The van der Waals surface area contributed by atoms with E-state index in [-0.39, 0.29) is 11.5 Å². The summed E-state index contributed by atoms with van der Waals surface area (Å²) in [6, 6.07) is 11.1. The largest absolute Gasteiger partial charge is 0.444 e. The summed E-state index contributed by atoms with van der Waals surface area (Å²) in [6.07, 6.45) is -0.166. The van der Waals surface area contributed by atoms with Gasteiger partial charge in [-0.2, -0.15) is 0 Å². The van der Waals surface area contributed by atoms with Crippen LogP contribution in [0, 0.1) is 11.3 Å². The molecule has 132 valence electrons. The Morgan fingerprint density at radius 2 is 1.88 bits per heavy atom. The van der Waals surface area contributed by atoms with E-state index in [1.807, 2.05) is 25.7 Å². The van der Waals surface area contributed by atoms with Gasteiger partial charge in [0.05, 0.1) is 0 Å². The van der Waals surface area contributed by atoms with Crippen LogP contribution >= 0.6 is 0 Å². The van der Waals surface area contributed by atoms with Crippen molar-refractivity contribution in [2.45, 2.75) is 46.3 Å². The molecule has 24 heavy (non-hydrogen) atoms. The van der Waals surface area contributed by atoms with Gasteiger partial charge in [0.1, 0.15) is 5.60 Å². The van der Waals surface area contributed by atoms with Gasteiger partial charge in [0, 0.05) is 37.6 Å². The van der Waals surface area contributed by atoms with Crippen LogP contribution in [-0.4, -0.2) is 47.7 Å². The fourth-order valence-corrected chi connectivity index (χ4v) is 4.09. The molecule has 0 bridgehead atoms. The molecule has 0 aromatic heterocycles. The maximum absolute atomic E-state index is 12.4. The van der Waals surface area contributed by atoms with Crippen molar-refractivity contribution in [3.05, 3.63) is 35.9 Å². The average Bonchev–Trinajstić information content (AvgIpc) is 2.97. The molecule has 0 N–H and O–H groups in total. The number of fused-ring (bicyclic) bond motifs is 1. The normalized spacial score (nSPS) is 28.7. The molecule has 0 unspecified atom stereocenters. The lowest BCUT2D eigenvalue weighted by atomic mass is 9.83. The average molecular weight is 330 g/mol. The minimum atomic E-state index is -0.427. The lowest BCUT2D eigenvalue weighted by Crippen LogP contribution is -2.39. The fraction of sp³-hybridized carbons (Fsp3) is 0.650. The second kappa shape index (κ2) is 6.07. The van der Waals surface area contributed by atoms with Crippen LogP contribution in [0.3, 0.4) is 0 Å². The van der Waals surface area contributed by atoms with Crippen molar-refractivity contribution in [1.29, 1.82) is 0 Å². The van der Waals surface area contributed by atoms with Crippen molar-refractivity contribution in [2.24, 2.45) is 11.3 Å². The zero-order valence-electron chi connectivity index (χ0n) is 15.6. The zero-order chi connectivity index (χ0) is 17.5. The molecule has 2 saturated heterocycles. The van der Waals surface area contributed by atoms with Crippen LogP contribution in [0.15, 0.2) is 30.3 Å². The van der Waals surface area contributed by atoms with Crippen molar-refractivity contribution in [3.63, 3.8) is 0 Å². The molecule has 2 fully saturated rings. The van der Waals surface area contributed by atoms with Gasteiger partial charge in [-0.05, 0) is 39.2 Å². The van der Waals surface area contributed by atoms with E-state index < -0.39 is 5.60 Å². The Morgan fingerprint density at radius 3 is 2.46 bits per heavy atom. The van der Waals surface area contributed by atoms with Crippen LogP contribution < -0.4 is 0 Å². The minimum Gasteiger partial charge on any atom is -0.444 e. The first-order chi connectivity index (χ1) is 11.2. The molecule has 1 aromatic rings. The van der Waals surface area contributed by atoms with Gasteiger partial charge in [0.25, 0.3) is 0 Å². The quantitative estimate of drug-likeness (QED) is 0.823. The van der Waals surface area contributed by atoms with E-state index in [0.717, 1.165) is 26.2 Å².